The van der Waals surface area contributed by atoms with Gasteiger partial charge in [0.05, 0.1) is 16.8 Å². The molecule has 4 rings (SSSR count). The average Bonchev–Trinajstić information content (AvgIpc) is 3.49. The maximum Gasteiger partial charge on any atom is 0.404 e. The minimum atomic E-state index is -4.84. The van der Waals surface area contributed by atoms with Crippen LogP contribution in [-0.2, 0) is 33.4 Å². The van der Waals surface area contributed by atoms with E-state index in [9.17, 15) is 21.6 Å². The molecule has 1 aromatic heterocycles. The van der Waals surface area contributed by atoms with Crippen LogP contribution in [0.5, 0.6) is 11.6 Å². The summed E-state index contributed by atoms with van der Waals surface area (Å²) in [6.07, 6.45) is -2.69. The van der Waals surface area contributed by atoms with Crippen LogP contribution in [0.2, 0.25) is 0 Å². The van der Waals surface area contributed by atoms with Gasteiger partial charge < -0.3 is 14.8 Å². The normalized spacial score (nSPS) is 18.1. The van der Waals surface area contributed by atoms with Crippen molar-refractivity contribution in [3.8, 4) is 22.9 Å². The molecule has 3 aromatic rings. The van der Waals surface area contributed by atoms with Gasteiger partial charge in [0, 0.05) is 37.9 Å². The van der Waals surface area contributed by atoms with E-state index in [-0.39, 0.29) is 5.60 Å². The molecule has 1 unspecified atom stereocenters. The summed E-state index contributed by atoms with van der Waals surface area (Å²) in [6, 6.07) is 16.4. The fourth-order valence-corrected chi connectivity index (χ4v) is 6.26. The molecule has 12 heteroatoms. The summed E-state index contributed by atoms with van der Waals surface area (Å²) >= 11 is 0. The van der Waals surface area contributed by atoms with Gasteiger partial charge in [0.25, 0.3) is 0 Å². The van der Waals surface area contributed by atoms with Gasteiger partial charge in [-0.3, -0.25) is 0 Å². The molecule has 2 aromatic carbocycles. The van der Waals surface area contributed by atoms with Gasteiger partial charge in [-0.15, -0.1) is 0 Å². The molecular formula is C29H37F3N4O4S. The van der Waals surface area contributed by atoms with Crippen molar-refractivity contribution in [1.82, 2.24) is 19.8 Å². The third-order valence-electron chi connectivity index (χ3n) is 6.96. The lowest BCUT2D eigenvalue weighted by molar-refractivity contribution is -0.106. The number of benzene rings is 2. The summed E-state index contributed by atoms with van der Waals surface area (Å²) in [6.45, 7) is 9.96. The number of aryl methyl sites for hydroxylation is 1. The summed E-state index contributed by atoms with van der Waals surface area (Å²) < 4.78 is 78.3. The Morgan fingerprint density at radius 3 is 2.49 bits per heavy atom. The zero-order valence-corrected chi connectivity index (χ0v) is 24.5. The van der Waals surface area contributed by atoms with Gasteiger partial charge in [-0.2, -0.15) is 18.3 Å². The Bertz CT molecular complexity index is 1430. The maximum atomic E-state index is 12.7. The lowest BCUT2D eigenvalue weighted by Gasteiger charge is -2.27. The zero-order chi connectivity index (χ0) is 29.9. The van der Waals surface area contributed by atoms with E-state index in [4.69, 9.17) is 9.47 Å². The van der Waals surface area contributed by atoms with E-state index in [0.717, 1.165) is 38.1 Å². The highest BCUT2D eigenvalue weighted by Gasteiger charge is 2.38. The minimum absolute atomic E-state index is 0.101. The highest BCUT2D eigenvalue weighted by Crippen LogP contribution is 2.31. The number of nitrogens with one attached hydrogen (secondary N) is 2. The van der Waals surface area contributed by atoms with Crippen molar-refractivity contribution < 1.29 is 31.1 Å². The molecule has 224 valence electrons. The van der Waals surface area contributed by atoms with E-state index in [0.29, 0.717) is 35.0 Å². The van der Waals surface area contributed by atoms with Gasteiger partial charge in [0.1, 0.15) is 5.75 Å². The van der Waals surface area contributed by atoms with Crippen molar-refractivity contribution in [2.45, 2.75) is 70.9 Å². The van der Waals surface area contributed by atoms with E-state index >= 15 is 0 Å². The van der Waals surface area contributed by atoms with Crippen LogP contribution in [0.4, 0.5) is 13.2 Å². The predicted octanol–water partition coefficient (Wildman–Crippen LogP) is 5.74. The molecular weight excluding hydrogens is 557 g/mol. The first-order chi connectivity index (χ1) is 19.2. The molecule has 2 N–H and O–H groups in total. The molecule has 8 nitrogen and oxygen atoms in total. The van der Waals surface area contributed by atoms with Gasteiger partial charge in [-0.25, -0.2) is 17.8 Å². The molecule has 1 aliphatic rings. The monoisotopic (exact) mass is 594 g/mol. The molecule has 1 aliphatic heterocycles. The van der Waals surface area contributed by atoms with E-state index in [1.165, 1.54) is 13.8 Å². The van der Waals surface area contributed by atoms with Crippen LogP contribution < -0.4 is 14.8 Å². The van der Waals surface area contributed by atoms with Crippen LogP contribution in [-0.4, -0.2) is 48.9 Å². The molecule has 1 saturated heterocycles. The van der Waals surface area contributed by atoms with Crippen molar-refractivity contribution in [1.29, 1.82) is 0 Å². The SMILES string of the molecule is CCn1nc(-c2cccc(C(C)(C)NS(=O)(=O)CC(F)(F)F)c2)cc1Oc1ccc(CNCC2(C)CCCO2)cc1. The molecule has 0 saturated carbocycles. The van der Waals surface area contributed by atoms with Crippen LogP contribution >= 0.6 is 0 Å². The van der Waals surface area contributed by atoms with Crippen molar-refractivity contribution >= 4 is 10.0 Å². The van der Waals surface area contributed by atoms with Crippen LogP contribution in [0.25, 0.3) is 11.3 Å². The molecule has 1 fully saturated rings. The highest BCUT2D eigenvalue weighted by molar-refractivity contribution is 7.89. The van der Waals surface area contributed by atoms with E-state index in [2.05, 4.69) is 22.1 Å². The van der Waals surface area contributed by atoms with Gasteiger partial charge >= 0.3 is 6.18 Å². The number of rotatable bonds is 12. The summed E-state index contributed by atoms with van der Waals surface area (Å²) in [5.41, 5.74) is 1.48. The Kier molecular flexibility index (Phi) is 9.17. The van der Waals surface area contributed by atoms with Gasteiger partial charge in [-0.1, -0.05) is 30.3 Å². The summed E-state index contributed by atoms with van der Waals surface area (Å²) in [4.78, 5) is 0. The minimum Gasteiger partial charge on any atom is -0.439 e. The Hall–Kier alpha value is -2.93. The van der Waals surface area contributed by atoms with Gasteiger partial charge in [-0.05, 0) is 69.9 Å². The molecule has 0 aliphatic carbocycles. The number of halogens is 3. The second-order valence-corrected chi connectivity index (χ2v) is 12.8. The Morgan fingerprint density at radius 1 is 1.12 bits per heavy atom. The smallest absolute Gasteiger partial charge is 0.404 e. The second-order valence-electron chi connectivity index (χ2n) is 11.1. The molecule has 0 bridgehead atoms. The summed E-state index contributed by atoms with van der Waals surface area (Å²) in [7, 11) is -4.60. The number of sulfonamides is 1. The molecule has 1 atom stereocenters. The van der Waals surface area contributed by atoms with Crippen molar-refractivity contribution in [3.05, 3.63) is 65.7 Å². The number of ether oxygens (including phenoxy) is 2. The van der Waals surface area contributed by atoms with Gasteiger partial charge in [0.2, 0.25) is 15.9 Å². The first-order valence-electron chi connectivity index (χ1n) is 13.6. The van der Waals surface area contributed by atoms with Crippen LogP contribution in [0.3, 0.4) is 0 Å². The van der Waals surface area contributed by atoms with E-state index < -0.39 is 27.5 Å². The van der Waals surface area contributed by atoms with Crippen molar-refractivity contribution in [3.63, 3.8) is 0 Å². The zero-order valence-electron chi connectivity index (χ0n) is 23.7. The Morgan fingerprint density at radius 2 is 1.85 bits per heavy atom. The number of aromatic nitrogens is 2. The third kappa shape index (κ3) is 8.54. The fraction of sp³-hybridized carbons (Fsp3) is 0.483. The molecule has 41 heavy (non-hydrogen) atoms. The molecule has 0 amide bonds. The van der Waals surface area contributed by atoms with Crippen LogP contribution in [0.1, 0.15) is 51.7 Å². The summed E-state index contributed by atoms with van der Waals surface area (Å²) in [5.74, 6) is -0.776. The fourth-order valence-electron chi connectivity index (χ4n) is 4.86. The second kappa shape index (κ2) is 12.1. The molecule has 0 spiro atoms. The molecule has 2 heterocycles. The average molecular weight is 595 g/mol. The van der Waals surface area contributed by atoms with Crippen LogP contribution in [0.15, 0.2) is 54.6 Å². The highest BCUT2D eigenvalue weighted by atomic mass is 32.2. The maximum absolute atomic E-state index is 12.7. The lowest BCUT2D eigenvalue weighted by atomic mass is 9.93. The largest absolute Gasteiger partial charge is 0.439 e. The number of alkyl halides is 3. The molecule has 0 radical (unpaired) electrons. The van der Waals surface area contributed by atoms with Gasteiger partial charge in [0.15, 0.2) is 5.75 Å². The standard InChI is InChI=1S/C29H37F3N4O4S/c1-5-36-26(40-24-12-10-21(11-13-24)18-33-19-28(4)14-7-15-39-28)17-25(34-36)22-8-6-9-23(16-22)27(2,3)35-41(37,38)20-29(30,31)32/h6,8-13,16-17,33,35H,5,7,14-15,18-20H2,1-4H3. The van der Waals surface area contributed by atoms with E-state index in [1.54, 1.807) is 35.0 Å². The lowest BCUT2D eigenvalue weighted by Crippen LogP contribution is -2.44. The summed E-state index contributed by atoms with van der Waals surface area (Å²) in [5, 5.41) is 8.09. The first-order valence-corrected chi connectivity index (χ1v) is 15.2. The quantitative estimate of drug-likeness (QED) is 0.278. The van der Waals surface area contributed by atoms with Crippen molar-refractivity contribution in [2.24, 2.45) is 0 Å². The Balaban J connectivity index is 1.44. The number of nitrogens with zero attached hydrogens (tertiary/aromatic N) is 2. The number of hydrogen-bond acceptors (Lipinski definition) is 6. The predicted molar refractivity (Wildman–Crippen MR) is 151 cm³/mol. The van der Waals surface area contributed by atoms with Crippen molar-refractivity contribution in [2.75, 3.05) is 18.9 Å². The first kappa shape index (κ1) is 31.0. The Labute approximate surface area is 239 Å². The third-order valence-corrected chi connectivity index (χ3v) is 8.49. The number of hydrogen-bond donors (Lipinski definition) is 2. The van der Waals surface area contributed by atoms with E-state index in [1.807, 2.05) is 31.2 Å². The van der Waals surface area contributed by atoms with Crippen LogP contribution in [0, 0.1) is 0 Å². The topological polar surface area (TPSA) is 94.5 Å².